The predicted molar refractivity (Wildman–Crippen MR) is 548 cm³/mol. The van der Waals surface area contributed by atoms with Crippen LogP contribution in [0, 0.1) is 6.92 Å². The van der Waals surface area contributed by atoms with Crippen LogP contribution in [0.2, 0.25) is 0 Å². The van der Waals surface area contributed by atoms with Crippen molar-refractivity contribution < 1.29 is 70.7 Å². The van der Waals surface area contributed by atoms with E-state index < -0.39 is 64.9 Å². The Bertz CT molecular complexity index is 5840. The zero-order valence-electron chi connectivity index (χ0n) is 82.8. The Kier molecular flexibility index (Phi) is 43.9. The van der Waals surface area contributed by atoms with E-state index in [-0.39, 0.29) is 37.9 Å². The van der Waals surface area contributed by atoms with Gasteiger partial charge in [0.05, 0.1) is 33.8 Å². The molecule has 135 heavy (non-hydrogen) atoms. The summed E-state index contributed by atoms with van der Waals surface area (Å²) in [6.45, 7) is 37.3. The standard InChI is InChI=1S/C60H76N2O11S3.C37H34O5S.2C8H18/c1-11-15-39-61(40-16-12-2)72-75(65,66)57-43-53(35-37-55(57)70-51-31-25-48(26-32-51)59(6,7)46-21-19-45(5)20-22-46)74(63,64)54-36-38-56(58(44-54)76(67,68)73-62(41-17-13-3)42-18-14-4)71-52-33-27-49(28-34-52)60(8,9)47-23-29-50(69-10)30-24-47;1-5-27-6-8-28(9-7-27)26-41-32-14-10-29(11-15-32)37(2,3)30-12-16-33(17-13-30)42-34-20-24-36(25-21-34)43(38,39)35-22-18-31(40-4)19-23-35;2*1-3-5-7-8-6-4-2/h19-38,43-44H,11-18,39-42H2,1-10H3;5-25H,1,26H2,2-4H3;2*3-8H2,1-2H3. The third-order valence-corrected chi connectivity index (χ3v) is 30.1. The third kappa shape index (κ3) is 32.6. The monoisotopic (exact) mass is 1910 g/mol. The van der Waals surface area contributed by atoms with Crippen LogP contribution < -0.4 is 28.4 Å². The topological polar surface area (TPSA) is 217 Å². The zero-order chi connectivity index (χ0) is 98.3. The molecule has 0 aliphatic heterocycles. The molecule has 11 aromatic rings. The van der Waals surface area contributed by atoms with Gasteiger partial charge in [-0.25, -0.2) is 16.8 Å². The Morgan fingerprint density at radius 2 is 0.556 bits per heavy atom. The summed E-state index contributed by atoms with van der Waals surface area (Å²) in [6.07, 6.45) is 24.5. The molecular formula is C113H146N2O16S4. The zero-order valence-corrected chi connectivity index (χ0v) is 86.0. The van der Waals surface area contributed by atoms with E-state index in [0.29, 0.717) is 81.5 Å². The number of unbranched alkanes of at least 4 members (excludes halogenated alkanes) is 14. The molecule has 0 amide bonds. The second-order valence-corrected chi connectivity index (χ2v) is 42.5. The summed E-state index contributed by atoms with van der Waals surface area (Å²) in [5, 5.41) is 2.76. The van der Waals surface area contributed by atoms with Gasteiger partial charge in [0, 0.05) is 42.4 Å². The lowest BCUT2D eigenvalue weighted by Crippen LogP contribution is -2.30. The van der Waals surface area contributed by atoms with Crippen molar-refractivity contribution in [1.82, 2.24) is 10.1 Å². The van der Waals surface area contributed by atoms with E-state index >= 15 is 0 Å². The summed E-state index contributed by atoms with van der Waals surface area (Å²) in [7, 11) is -14.7. The minimum atomic E-state index is -4.76. The minimum Gasteiger partial charge on any atom is -0.497 e. The van der Waals surface area contributed by atoms with Crippen molar-refractivity contribution in [2.75, 3.05) is 40.4 Å². The molecule has 11 aromatic carbocycles. The normalized spacial score (nSPS) is 11.9. The van der Waals surface area contributed by atoms with Crippen molar-refractivity contribution >= 4 is 46.0 Å². The highest BCUT2D eigenvalue weighted by atomic mass is 32.2. The van der Waals surface area contributed by atoms with Gasteiger partial charge in [-0.2, -0.15) is 35.5 Å². The number of rotatable bonds is 50. The fourth-order valence-corrected chi connectivity index (χ4v) is 19.9. The Labute approximate surface area is 809 Å². The van der Waals surface area contributed by atoms with Gasteiger partial charge in [-0.3, -0.25) is 0 Å². The van der Waals surface area contributed by atoms with Crippen LogP contribution in [0.25, 0.3) is 6.08 Å². The molecule has 0 bridgehead atoms. The van der Waals surface area contributed by atoms with E-state index in [1.54, 1.807) is 74.9 Å². The number of hydroxylamine groups is 4. The summed E-state index contributed by atoms with van der Waals surface area (Å²) < 4.78 is 161. The molecular weight excluding hydrogens is 1770 g/mol. The number of hydrogen-bond acceptors (Lipinski definition) is 18. The molecule has 0 aromatic heterocycles. The van der Waals surface area contributed by atoms with Crippen LogP contribution in [0.4, 0.5) is 0 Å². The van der Waals surface area contributed by atoms with E-state index in [2.05, 4.69) is 124 Å². The van der Waals surface area contributed by atoms with E-state index in [0.717, 1.165) is 99.4 Å². The lowest BCUT2D eigenvalue weighted by molar-refractivity contribution is -0.0535. The number of methoxy groups -OCH3 is 2. The maximum absolute atomic E-state index is 14.9. The van der Waals surface area contributed by atoms with E-state index in [1.165, 1.54) is 124 Å². The van der Waals surface area contributed by atoms with Crippen LogP contribution in [0.3, 0.4) is 0 Å². The van der Waals surface area contributed by atoms with Crippen LogP contribution in [-0.2, 0) is 71.3 Å². The van der Waals surface area contributed by atoms with Gasteiger partial charge >= 0.3 is 20.2 Å². The molecule has 0 atom stereocenters. The van der Waals surface area contributed by atoms with Gasteiger partial charge in [-0.15, -0.1) is 0 Å². The molecule has 0 N–H and O–H groups in total. The van der Waals surface area contributed by atoms with Crippen LogP contribution in [0.5, 0.6) is 51.7 Å². The van der Waals surface area contributed by atoms with E-state index in [1.807, 2.05) is 138 Å². The van der Waals surface area contributed by atoms with E-state index in [9.17, 15) is 33.7 Å². The summed E-state index contributed by atoms with van der Waals surface area (Å²) in [4.78, 5) is -1.58. The molecule has 0 fully saturated rings. The quantitative estimate of drug-likeness (QED) is 0.0256. The van der Waals surface area contributed by atoms with Gasteiger partial charge in [0.2, 0.25) is 19.7 Å². The molecule has 0 heterocycles. The first-order valence-electron chi connectivity index (χ1n) is 48.0. The molecule has 0 unspecified atom stereocenters. The number of hydrogen-bond donors (Lipinski definition) is 0. The highest BCUT2D eigenvalue weighted by molar-refractivity contribution is 7.92. The number of ether oxygens (including phenoxy) is 6. The smallest absolute Gasteiger partial charge is 0.316 e. The van der Waals surface area contributed by atoms with Crippen molar-refractivity contribution in [3.8, 4) is 51.7 Å². The summed E-state index contributed by atoms with van der Waals surface area (Å²) in [5.41, 5.74) is 8.71. The molecule has 0 aliphatic carbocycles. The predicted octanol–water partition coefficient (Wildman–Crippen LogP) is 29.7. The molecule has 0 aliphatic rings. The fraction of sp³-hybridized carbons (Fsp3) is 0.398. The van der Waals surface area contributed by atoms with Crippen molar-refractivity contribution in [2.45, 2.75) is 284 Å². The summed E-state index contributed by atoms with van der Waals surface area (Å²) in [6, 6.07) is 74.7. The first kappa shape index (κ1) is 110. The number of nitrogens with zero attached hydrogens (tertiary/aromatic N) is 2. The van der Waals surface area contributed by atoms with E-state index in [4.69, 9.17) is 37.0 Å². The number of aryl methyl sites for hydroxylation is 1. The van der Waals surface area contributed by atoms with Crippen LogP contribution in [0.1, 0.15) is 275 Å². The first-order valence-corrected chi connectivity index (χ1v) is 53.8. The van der Waals surface area contributed by atoms with Crippen molar-refractivity contribution in [2.24, 2.45) is 0 Å². The van der Waals surface area contributed by atoms with Crippen LogP contribution in [-0.4, -0.2) is 84.2 Å². The van der Waals surface area contributed by atoms with Crippen LogP contribution in [0.15, 0.2) is 291 Å². The highest BCUT2D eigenvalue weighted by Gasteiger charge is 2.34. The minimum absolute atomic E-state index is 0.173. The second-order valence-electron chi connectivity index (χ2n) is 35.6. The van der Waals surface area contributed by atoms with Gasteiger partial charge in [-0.05, 0) is 223 Å². The SMILES string of the molecule is C=Cc1ccc(COc2ccc(C(C)(C)c3ccc(Oc4ccc(S(=O)(=O)c5ccc(OC)cc5)cc4)cc3)cc2)cc1.CCCCCCCC.CCCCCCCC.CCCCN(CCCC)OS(=O)(=O)c1cc(S(=O)(=O)c2ccc(Oc3ccc(C(C)(C)c4ccc(OC)cc4)cc3)c(S(=O)(=O)ON(CCCC)CCCC)c2)ccc1Oc1ccc(C(C)(C)c2ccc(C)cc2)cc1. The van der Waals surface area contributed by atoms with Gasteiger partial charge in [0.15, 0.2) is 0 Å². The lowest BCUT2D eigenvalue weighted by Gasteiger charge is -2.26. The molecule has 0 radical (unpaired) electrons. The Morgan fingerprint density at radius 3 is 0.852 bits per heavy atom. The highest BCUT2D eigenvalue weighted by Crippen LogP contribution is 2.42. The molecule has 0 saturated heterocycles. The average molecular weight is 1920 g/mol. The van der Waals surface area contributed by atoms with Crippen LogP contribution >= 0.6 is 0 Å². The van der Waals surface area contributed by atoms with Gasteiger partial charge in [0.1, 0.15) is 68.1 Å². The molecule has 0 spiro atoms. The number of sulfone groups is 2. The molecule has 18 nitrogen and oxygen atoms in total. The Morgan fingerprint density at radius 1 is 0.296 bits per heavy atom. The number of benzene rings is 11. The fourth-order valence-electron chi connectivity index (χ4n) is 14.9. The average Bonchev–Trinajstić information content (AvgIpc) is 0.756. The van der Waals surface area contributed by atoms with Crippen molar-refractivity contribution in [3.05, 3.63) is 311 Å². The van der Waals surface area contributed by atoms with Gasteiger partial charge in [-0.1, -0.05) is 327 Å². The summed E-state index contributed by atoms with van der Waals surface area (Å²) in [5.74, 6) is 3.61. The maximum atomic E-state index is 14.9. The van der Waals surface area contributed by atoms with Crippen molar-refractivity contribution in [1.29, 1.82) is 0 Å². The third-order valence-electron chi connectivity index (χ3n) is 24.1. The Balaban J connectivity index is 0.000000315. The summed E-state index contributed by atoms with van der Waals surface area (Å²) >= 11 is 0. The van der Waals surface area contributed by atoms with Crippen molar-refractivity contribution in [3.63, 3.8) is 0 Å². The largest absolute Gasteiger partial charge is 0.497 e. The molecule has 0 saturated carbocycles. The van der Waals surface area contributed by atoms with Gasteiger partial charge < -0.3 is 28.4 Å². The maximum Gasteiger partial charge on any atom is 0.316 e. The van der Waals surface area contributed by atoms with Gasteiger partial charge in [0.25, 0.3) is 0 Å². The molecule has 11 rings (SSSR count). The lowest BCUT2D eigenvalue weighted by atomic mass is 9.78. The second kappa shape index (κ2) is 53.9. The first-order chi connectivity index (χ1) is 64.6. The Hall–Kier alpha value is -10.4. The molecule has 728 valence electrons. The molecule has 22 heteroatoms.